The van der Waals surface area contributed by atoms with Crippen LogP contribution in [-0.2, 0) is 39.3 Å². The second kappa shape index (κ2) is 10.1. The minimum Gasteiger partial charge on any atom is -0.480 e. The largest absolute Gasteiger partial charge is 0.480 e. The van der Waals surface area contributed by atoms with E-state index < -0.39 is 43.2 Å². The molecule has 1 fully saturated rings. The smallest absolute Gasteiger partial charge is 0.407 e. The lowest BCUT2D eigenvalue weighted by molar-refractivity contribution is -0.145. The number of amides is 1. The molecule has 2 unspecified atom stereocenters. The number of hydrogen-bond donors (Lipinski definition) is 3. The Hall–Kier alpha value is -2.40. The third kappa shape index (κ3) is 6.84. The highest BCUT2D eigenvalue weighted by atomic mass is 31.2. The highest BCUT2D eigenvalue weighted by Gasteiger charge is 2.48. The minimum absolute atomic E-state index is 0.0296. The number of rotatable bonds is 9. The Bertz CT molecular complexity index is 819. The SMILES string of the molecule is CC(NP1(=O)OCC(C)(C)[C@H](C(=O)NCCC(=O)OCc2cnccn2)O1)C(=O)O. The first-order valence-electron chi connectivity index (χ1n) is 9.14. The fourth-order valence-corrected chi connectivity index (χ4v) is 4.36. The molecule has 2 rings (SSSR count). The van der Waals surface area contributed by atoms with E-state index >= 15 is 0 Å². The van der Waals surface area contributed by atoms with Crippen molar-refractivity contribution in [1.29, 1.82) is 0 Å². The number of hydrogen-bond acceptors (Lipinski definition) is 9. The van der Waals surface area contributed by atoms with Crippen molar-refractivity contribution in [1.82, 2.24) is 20.4 Å². The number of aromatic nitrogens is 2. The minimum atomic E-state index is -4.01. The molecular formula is C17H25N4O8P. The fraction of sp³-hybridized carbons (Fsp3) is 0.588. The molecule has 1 aliphatic heterocycles. The fourth-order valence-electron chi connectivity index (χ4n) is 2.41. The zero-order chi connectivity index (χ0) is 22.4. The number of carbonyl (C=O) groups is 3. The summed E-state index contributed by atoms with van der Waals surface area (Å²) < 4.78 is 28.3. The molecular weight excluding hydrogens is 419 g/mol. The quantitative estimate of drug-likeness (QED) is 0.361. The van der Waals surface area contributed by atoms with Gasteiger partial charge >= 0.3 is 19.7 Å². The van der Waals surface area contributed by atoms with E-state index in [4.69, 9.17) is 18.9 Å². The Morgan fingerprint density at radius 1 is 1.40 bits per heavy atom. The van der Waals surface area contributed by atoms with Crippen LogP contribution in [-0.4, -0.2) is 58.2 Å². The Morgan fingerprint density at radius 3 is 2.77 bits per heavy atom. The van der Waals surface area contributed by atoms with Crippen LogP contribution in [0.25, 0.3) is 0 Å². The Labute approximate surface area is 173 Å². The molecule has 166 valence electrons. The lowest BCUT2D eigenvalue weighted by atomic mass is 9.87. The molecule has 0 bridgehead atoms. The van der Waals surface area contributed by atoms with E-state index in [9.17, 15) is 18.9 Å². The zero-order valence-corrected chi connectivity index (χ0v) is 17.8. The maximum atomic E-state index is 12.7. The van der Waals surface area contributed by atoms with Gasteiger partial charge in [0.2, 0.25) is 5.91 Å². The van der Waals surface area contributed by atoms with Crippen molar-refractivity contribution in [2.24, 2.45) is 5.41 Å². The molecule has 0 radical (unpaired) electrons. The van der Waals surface area contributed by atoms with Crippen molar-refractivity contribution < 1.29 is 37.8 Å². The maximum Gasteiger partial charge on any atom is 0.407 e. The van der Waals surface area contributed by atoms with E-state index in [1.165, 1.54) is 25.5 Å². The molecule has 0 aliphatic carbocycles. The van der Waals surface area contributed by atoms with E-state index in [0.29, 0.717) is 5.69 Å². The van der Waals surface area contributed by atoms with E-state index in [-0.39, 0.29) is 26.2 Å². The summed E-state index contributed by atoms with van der Waals surface area (Å²) in [6, 6.07) is -1.20. The van der Waals surface area contributed by atoms with Crippen molar-refractivity contribution in [2.75, 3.05) is 13.2 Å². The van der Waals surface area contributed by atoms with Crippen LogP contribution in [0.1, 0.15) is 32.9 Å². The van der Waals surface area contributed by atoms with Crippen LogP contribution in [0.3, 0.4) is 0 Å². The summed E-state index contributed by atoms with van der Waals surface area (Å²) in [6.07, 6.45) is 3.17. The van der Waals surface area contributed by atoms with Gasteiger partial charge in [0, 0.05) is 24.4 Å². The van der Waals surface area contributed by atoms with Gasteiger partial charge in [-0.05, 0) is 6.92 Å². The normalized spacial score (nSPS) is 23.9. The maximum absolute atomic E-state index is 12.7. The lowest BCUT2D eigenvalue weighted by Crippen LogP contribution is -2.51. The third-order valence-corrected chi connectivity index (χ3v) is 5.81. The second-order valence-electron chi connectivity index (χ2n) is 7.33. The summed E-state index contributed by atoms with van der Waals surface area (Å²) in [6.45, 7) is 4.47. The zero-order valence-electron chi connectivity index (χ0n) is 16.9. The van der Waals surface area contributed by atoms with E-state index in [1.807, 2.05) is 0 Å². The van der Waals surface area contributed by atoms with Crippen LogP contribution < -0.4 is 10.4 Å². The number of carboxylic acid groups (broad SMARTS) is 1. The molecule has 13 heteroatoms. The topological polar surface area (TPSA) is 166 Å². The summed E-state index contributed by atoms with van der Waals surface area (Å²) >= 11 is 0. The van der Waals surface area contributed by atoms with Crippen molar-refractivity contribution in [3.05, 3.63) is 24.3 Å². The summed E-state index contributed by atoms with van der Waals surface area (Å²) in [7, 11) is -4.01. The molecule has 0 aromatic carbocycles. The molecule has 0 saturated carbocycles. The lowest BCUT2D eigenvalue weighted by Gasteiger charge is -2.40. The van der Waals surface area contributed by atoms with Gasteiger partial charge in [-0.1, -0.05) is 13.8 Å². The Balaban J connectivity index is 1.85. The average molecular weight is 444 g/mol. The first kappa shape index (κ1) is 23.9. The van der Waals surface area contributed by atoms with E-state index in [2.05, 4.69) is 20.4 Å². The molecule has 2 heterocycles. The van der Waals surface area contributed by atoms with Crippen LogP contribution in [0.4, 0.5) is 0 Å². The van der Waals surface area contributed by atoms with Crippen molar-refractivity contribution in [2.45, 2.75) is 45.9 Å². The van der Waals surface area contributed by atoms with Crippen molar-refractivity contribution in [3.8, 4) is 0 Å². The van der Waals surface area contributed by atoms with Gasteiger partial charge in [0.1, 0.15) is 12.6 Å². The Kier molecular flexibility index (Phi) is 8.02. The molecule has 3 atom stereocenters. The highest BCUT2D eigenvalue weighted by Crippen LogP contribution is 2.53. The Morgan fingerprint density at radius 2 is 2.13 bits per heavy atom. The number of ether oxygens (including phenoxy) is 1. The summed E-state index contributed by atoms with van der Waals surface area (Å²) in [5.41, 5.74) is -0.343. The molecule has 1 aliphatic rings. The molecule has 30 heavy (non-hydrogen) atoms. The van der Waals surface area contributed by atoms with E-state index in [1.54, 1.807) is 13.8 Å². The van der Waals surface area contributed by atoms with Gasteiger partial charge in [0.05, 0.1) is 24.9 Å². The number of esters is 1. The molecule has 1 amide bonds. The first-order chi connectivity index (χ1) is 14.0. The molecule has 1 aromatic heterocycles. The predicted octanol–water partition coefficient (Wildman–Crippen LogP) is 0.639. The third-order valence-electron chi connectivity index (χ3n) is 4.15. The van der Waals surface area contributed by atoms with Crippen LogP contribution in [0.5, 0.6) is 0 Å². The number of aliphatic carboxylic acids is 1. The van der Waals surface area contributed by atoms with Gasteiger partial charge in [0.15, 0.2) is 6.10 Å². The van der Waals surface area contributed by atoms with Crippen molar-refractivity contribution in [3.63, 3.8) is 0 Å². The standard InChI is InChI=1S/C17H25N4O8P/c1-11(16(24)25)21-30(26)28-10-17(2,3)14(29-30)15(23)20-5-4-13(22)27-9-12-8-18-6-7-19-12/h6-8,11,14H,4-5,9-10H2,1-3H3,(H,20,23)(H,21,26)(H,24,25)/t11?,14-,30?/m0/s1. The number of nitrogens with one attached hydrogen (secondary N) is 2. The van der Waals surface area contributed by atoms with Crippen molar-refractivity contribution >= 4 is 25.6 Å². The molecule has 12 nitrogen and oxygen atoms in total. The average Bonchev–Trinajstić information content (AvgIpc) is 2.69. The van der Waals surface area contributed by atoms with Crippen LogP contribution in [0, 0.1) is 5.41 Å². The van der Waals surface area contributed by atoms with Crippen LogP contribution in [0.15, 0.2) is 18.6 Å². The summed E-state index contributed by atoms with van der Waals surface area (Å²) in [5.74, 6) is -2.39. The molecule has 1 aromatic rings. The highest BCUT2D eigenvalue weighted by molar-refractivity contribution is 7.51. The van der Waals surface area contributed by atoms with E-state index in [0.717, 1.165) is 0 Å². The van der Waals surface area contributed by atoms with Gasteiger partial charge in [-0.25, -0.2) is 9.65 Å². The first-order valence-corrected chi connectivity index (χ1v) is 10.7. The number of nitrogens with zero attached hydrogens (tertiary/aromatic N) is 2. The van der Waals surface area contributed by atoms with Gasteiger partial charge in [-0.2, -0.15) is 0 Å². The second-order valence-corrected chi connectivity index (χ2v) is 9.05. The van der Waals surface area contributed by atoms with Gasteiger partial charge in [0.25, 0.3) is 0 Å². The van der Waals surface area contributed by atoms with Gasteiger partial charge < -0.3 is 15.2 Å². The van der Waals surface area contributed by atoms with Crippen LogP contribution >= 0.6 is 7.75 Å². The summed E-state index contributed by atoms with van der Waals surface area (Å²) in [5, 5.41) is 13.8. The van der Waals surface area contributed by atoms with Crippen LogP contribution in [0.2, 0.25) is 0 Å². The summed E-state index contributed by atoms with van der Waals surface area (Å²) in [4.78, 5) is 43.2. The molecule has 1 saturated heterocycles. The molecule has 3 N–H and O–H groups in total. The van der Waals surface area contributed by atoms with Gasteiger partial charge in [-0.3, -0.25) is 33.4 Å². The number of carboxylic acids is 1. The predicted molar refractivity (Wildman–Crippen MR) is 102 cm³/mol. The molecule has 0 spiro atoms. The van der Waals surface area contributed by atoms with Gasteiger partial charge in [-0.15, -0.1) is 0 Å². The number of carbonyl (C=O) groups excluding carboxylic acids is 2. The monoisotopic (exact) mass is 444 g/mol.